The van der Waals surface area contributed by atoms with Crippen LogP contribution >= 0.6 is 0 Å². The van der Waals surface area contributed by atoms with Crippen LogP contribution in [0.25, 0.3) is 11.1 Å². The largest absolute Gasteiger partial charge is 0.416 e. The minimum Gasteiger partial charge on any atom is -0.320 e. The zero-order valence-corrected chi connectivity index (χ0v) is 16.2. The number of pyridine rings is 1. The molecule has 30 heavy (non-hydrogen) atoms. The van der Waals surface area contributed by atoms with E-state index in [1.165, 1.54) is 36.7 Å². The van der Waals surface area contributed by atoms with Crippen molar-refractivity contribution in [3.05, 3.63) is 77.9 Å². The predicted molar refractivity (Wildman–Crippen MR) is 102 cm³/mol. The van der Waals surface area contributed by atoms with Gasteiger partial charge in [-0.1, -0.05) is 18.2 Å². The topological polar surface area (TPSA) is 76.1 Å². The van der Waals surface area contributed by atoms with E-state index in [2.05, 4.69) is 10.3 Å². The van der Waals surface area contributed by atoms with Crippen molar-refractivity contribution < 1.29 is 30.8 Å². The second kappa shape index (κ2) is 7.86. The normalized spacial score (nSPS) is 11.9. The third kappa shape index (κ3) is 4.65. The number of benzene rings is 2. The van der Waals surface area contributed by atoms with Crippen molar-refractivity contribution in [3.8, 4) is 11.1 Å². The van der Waals surface area contributed by atoms with Crippen LogP contribution in [0.4, 0.5) is 23.2 Å². The molecule has 0 fully saturated rings. The maximum absolute atomic E-state index is 14.2. The molecular weight excluding hydrogens is 424 g/mol. The molecule has 0 aliphatic rings. The lowest BCUT2D eigenvalue weighted by Gasteiger charge is -2.14. The molecule has 0 saturated heterocycles. The van der Waals surface area contributed by atoms with Crippen LogP contribution in [0.15, 0.2) is 65.8 Å². The van der Waals surface area contributed by atoms with Crippen LogP contribution in [0.1, 0.15) is 15.9 Å². The van der Waals surface area contributed by atoms with Crippen LogP contribution in [-0.2, 0) is 16.0 Å². The number of hydrogen-bond acceptors (Lipinski definition) is 4. The van der Waals surface area contributed by atoms with E-state index in [1.54, 1.807) is 6.07 Å². The Balaban J connectivity index is 2.05. The highest BCUT2D eigenvalue weighted by Crippen LogP contribution is 2.33. The number of nitrogens with zero attached hydrogens (tertiary/aromatic N) is 1. The molecule has 156 valence electrons. The monoisotopic (exact) mass is 438 g/mol. The predicted octanol–water partition coefficient (Wildman–Crippen LogP) is 4.56. The molecular formula is C20H14F4N2O3S. The van der Waals surface area contributed by atoms with Crippen molar-refractivity contribution in [2.24, 2.45) is 0 Å². The maximum Gasteiger partial charge on any atom is 0.416 e. The number of hydrogen-bond donors (Lipinski definition) is 1. The highest BCUT2D eigenvalue weighted by Gasteiger charge is 2.33. The quantitative estimate of drug-likeness (QED) is 0.606. The number of nitrogens with one attached hydrogen (secondary N) is 1. The summed E-state index contributed by atoms with van der Waals surface area (Å²) in [6, 6.07) is 9.02. The molecule has 0 aliphatic carbocycles. The van der Waals surface area contributed by atoms with Crippen LogP contribution < -0.4 is 5.32 Å². The Labute approximate surface area is 169 Å². The van der Waals surface area contributed by atoms with E-state index < -0.39 is 43.8 Å². The zero-order valence-electron chi connectivity index (χ0n) is 15.4. The van der Waals surface area contributed by atoms with E-state index in [-0.39, 0.29) is 16.8 Å². The highest BCUT2D eigenvalue weighted by atomic mass is 32.2. The highest BCUT2D eigenvalue weighted by molar-refractivity contribution is 7.90. The number of sulfone groups is 1. The number of alkyl halides is 3. The molecule has 10 heteroatoms. The number of halogens is 4. The lowest BCUT2D eigenvalue weighted by Crippen LogP contribution is -2.16. The molecule has 5 nitrogen and oxygen atoms in total. The lowest BCUT2D eigenvalue weighted by atomic mass is 10.0. The molecule has 0 unspecified atom stereocenters. The molecule has 0 saturated carbocycles. The minimum atomic E-state index is -4.86. The smallest absolute Gasteiger partial charge is 0.320 e. The van der Waals surface area contributed by atoms with Gasteiger partial charge in [-0.3, -0.25) is 9.78 Å². The molecule has 2 aromatic carbocycles. The first-order valence-corrected chi connectivity index (χ1v) is 10.3. The van der Waals surface area contributed by atoms with Crippen LogP contribution in [-0.4, -0.2) is 25.6 Å². The number of anilines is 1. The van der Waals surface area contributed by atoms with Gasteiger partial charge in [0.25, 0.3) is 5.91 Å². The van der Waals surface area contributed by atoms with Gasteiger partial charge in [0.15, 0.2) is 9.84 Å². The third-order valence-corrected chi connectivity index (χ3v) is 5.25. The first-order chi connectivity index (χ1) is 14.0. The molecule has 1 N–H and O–H groups in total. The SMILES string of the molecule is CS(=O)(=O)c1cc(C(=O)Nc2cnccc2-c2ccccc2F)cc(C(F)(F)F)c1. The van der Waals surface area contributed by atoms with Crippen LogP contribution in [0.5, 0.6) is 0 Å². The van der Waals surface area contributed by atoms with Gasteiger partial charge < -0.3 is 5.32 Å². The Bertz CT molecular complexity index is 1220. The number of carbonyl (C=O) groups is 1. The van der Waals surface area contributed by atoms with Gasteiger partial charge >= 0.3 is 6.18 Å². The van der Waals surface area contributed by atoms with Gasteiger partial charge in [0.1, 0.15) is 5.82 Å². The van der Waals surface area contributed by atoms with Gasteiger partial charge in [-0.05, 0) is 30.3 Å². The van der Waals surface area contributed by atoms with Gasteiger partial charge in [-0.15, -0.1) is 0 Å². The molecule has 0 radical (unpaired) electrons. The fourth-order valence-electron chi connectivity index (χ4n) is 2.71. The summed E-state index contributed by atoms with van der Waals surface area (Å²) < 4.78 is 77.2. The molecule has 3 aromatic rings. The molecule has 0 aliphatic heterocycles. The van der Waals surface area contributed by atoms with E-state index in [1.807, 2.05) is 0 Å². The van der Waals surface area contributed by atoms with E-state index in [9.17, 15) is 30.8 Å². The summed E-state index contributed by atoms with van der Waals surface area (Å²) in [7, 11) is -4.01. The van der Waals surface area contributed by atoms with E-state index in [0.717, 1.165) is 12.3 Å². The van der Waals surface area contributed by atoms with E-state index in [0.29, 0.717) is 12.1 Å². The molecule has 1 aromatic heterocycles. The Morgan fingerprint density at radius 2 is 1.73 bits per heavy atom. The number of carbonyl (C=O) groups excluding carboxylic acids is 1. The second-order valence-corrected chi connectivity index (χ2v) is 8.39. The van der Waals surface area contributed by atoms with E-state index in [4.69, 9.17) is 0 Å². The van der Waals surface area contributed by atoms with Gasteiger partial charge in [0, 0.05) is 29.1 Å². The summed E-state index contributed by atoms with van der Waals surface area (Å²) in [5.41, 5.74) is -1.35. The van der Waals surface area contributed by atoms with Gasteiger partial charge in [-0.2, -0.15) is 13.2 Å². The second-order valence-electron chi connectivity index (χ2n) is 6.37. The number of aromatic nitrogens is 1. The first kappa shape index (κ1) is 21.4. The van der Waals surface area contributed by atoms with Crippen LogP contribution in [0.3, 0.4) is 0 Å². The van der Waals surface area contributed by atoms with Gasteiger partial charge in [0.05, 0.1) is 22.3 Å². The fraction of sp³-hybridized carbons (Fsp3) is 0.100. The summed E-state index contributed by atoms with van der Waals surface area (Å²) >= 11 is 0. The first-order valence-electron chi connectivity index (χ1n) is 8.39. The fourth-order valence-corrected chi connectivity index (χ4v) is 3.39. The molecule has 0 bridgehead atoms. The van der Waals surface area contributed by atoms with Gasteiger partial charge in [0.2, 0.25) is 0 Å². The molecule has 0 spiro atoms. The zero-order chi connectivity index (χ0) is 22.1. The molecule has 3 rings (SSSR count). The standard InChI is InChI=1S/C20H14F4N2O3S/c1-30(28,29)14-9-12(8-13(10-14)20(22,23)24)19(27)26-18-11-25-7-6-16(18)15-4-2-3-5-17(15)21/h2-11H,1H3,(H,26,27). The van der Waals surface area contributed by atoms with Crippen molar-refractivity contribution in [1.82, 2.24) is 4.98 Å². The third-order valence-electron chi connectivity index (χ3n) is 4.16. The average molecular weight is 438 g/mol. The van der Waals surface area contributed by atoms with Crippen LogP contribution in [0, 0.1) is 5.82 Å². The minimum absolute atomic E-state index is 0.0471. The van der Waals surface area contributed by atoms with Crippen molar-refractivity contribution in [3.63, 3.8) is 0 Å². The van der Waals surface area contributed by atoms with Crippen LogP contribution in [0.2, 0.25) is 0 Å². The Morgan fingerprint density at radius 3 is 2.37 bits per heavy atom. The molecule has 0 atom stereocenters. The Kier molecular flexibility index (Phi) is 5.62. The Hall–Kier alpha value is -3.27. The van der Waals surface area contributed by atoms with Gasteiger partial charge in [-0.25, -0.2) is 12.8 Å². The number of amides is 1. The Morgan fingerprint density at radius 1 is 1.03 bits per heavy atom. The molecule has 1 heterocycles. The summed E-state index contributed by atoms with van der Waals surface area (Å²) in [4.78, 5) is 15.8. The van der Waals surface area contributed by atoms with Crippen molar-refractivity contribution in [1.29, 1.82) is 0 Å². The molecule has 1 amide bonds. The average Bonchev–Trinajstić information content (AvgIpc) is 2.67. The summed E-state index contributed by atoms with van der Waals surface area (Å²) in [5.74, 6) is -1.57. The van der Waals surface area contributed by atoms with Crippen molar-refractivity contribution in [2.75, 3.05) is 11.6 Å². The number of rotatable bonds is 4. The summed E-state index contributed by atoms with van der Waals surface area (Å²) in [6.45, 7) is 0. The lowest BCUT2D eigenvalue weighted by molar-refractivity contribution is -0.137. The van der Waals surface area contributed by atoms with Crippen molar-refractivity contribution >= 4 is 21.4 Å². The maximum atomic E-state index is 14.2. The van der Waals surface area contributed by atoms with E-state index >= 15 is 0 Å². The summed E-state index contributed by atoms with van der Waals surface area (Å²) in [5, 5.41) is 2.38. The van der Waals surface area contributed by atoms with Crippen molar-refractivity contribution in [2.45, 2.75) is 11.1 Å². The summed E-state index contributed by atoms with van der Waals surface area (Å²) in [6.07, 6.45) is -1.54.